The van der Waals surface area contributed by atoms with E-state index in [1.807, 2.05) is 49.5 Å². The highest BCUT2D eigenvalue weighted by Crippen LogP contribution is 2.24. The van der Waals surface area contributed by atoms with Crippen molar-refractivity contribution >= 4 is 22.8 Å². The molecule has 0 spiro atoms. The Balaban J connectivity index is 1.80. The molecule has 4 nitrogen and oxygen atoms in total. The fraction of sp³-hybridized carbons (Fsp3) is 0.0952. The molecule has 0 saturated carbocycles. The number of hydrogen-bond acceptors (Lipinski definition) is 4. The molecule has 0 N–H and O–H groups in total. The zero-order valence-corrected chi connectivity index (χ0v) is 15.3. The predicted molar refractivity (Wildman–Crippen MR) is 105 cm³/mol. The van der Waals surface area contributed by atoms with Crippen LogP contribution in [0.25, 0.3) is 11.3 Å². The van der Waals surface area contributed by atoms with Crippen molar-refractivity contribution in [2.75, 3.05) is 0 Å². The Kier molecular flexibility index (Phi) is 4.22. The van der Waals surface area contributed by atoms with Gasteiger partial charge in [0.15, 0.2) is 5.78 Å². The SMILES string of the molecule is Cc1s/c(=N/N=C2/C=CC(=O)c3ccccc32)n(C)c1-c1ccccc1. The molecule has 0 atom stereocenters. The predicted octanol–water partition coefficient (Wildman–Crippen LogP) is 4.12. The van der Waals surface area contributed by atoms with Gasteiger partial charge in [-0.3, -0.25) is 4.79 Å². The van der Waals surface area contributed by atoms with Gasteiger partial charge in [0.05, 0.1) is 11.4 Å². The molecule has 128 valence electrons. The van der Waals surface area contributed by atoms with Crippen LogP contribution in [0.5, 0.6) is 0 Å². The van der Waals surface area contributed by atoms with Crippen molar-refractivity contribution in [3.8, 4) is 11.3 Å². The lowest BCUT2D eigenvalue weighted by atomic mass is 9.94. The van der Waals surface area contributed by atoms with Gasteiger partial charge in [-0.15, -0.1) is 10.2 Å². The Morgan fingerprint density at radius 2 is 1.58 bits per heavy atom. The van der Waals surface area contributed by atoms with E-state index in [-0.39, 0.29) is 5.78 Å². The normalized spacial score (nSPS) is 15.5. The van der Waals surface area contributed by atoms with Crippen molar-refractivity contribution < 1.29 is 4.79 Å². The first-order chi connectivity index (χ1) is 12.6. The molecule has 0 radical (unpaired) electrons. The molecular formula is C21H17N3OS. The summed E-state index contributed by atoms with van der Waals surface area (Å²) in [5, 5.41) is 8.90. The third kappa shape index (κ3) is 2.86. The first kappa shape index (κ1) is 16.4. The number of allylic oxidation sites excluding steroid dienone is 2. The number of benzene rings is 2. The molecule has 2 aromatic carbocycles. The molecule has 26 heavy (non-hydrogen) atoms. The number of aromatic nitrogens is 1. The minimum Gasteiger partial charge on any atom is -0.318 e. The van der Waals surface area contributed by atoms with Crippen LogP contribution in [0, 0.1) is 6.92 Å². The second-order valence-corrected chi connectivity index (χ2v) is 7.22. The Bertz CT molecular complexity index is 1120. The maximum atomic E-state index is 12.0. The molecule has 0 fully saturated rings. The van der Waals surface area contributed by atoms with Gasteiger partial charge < -0.3 is 4.57 Å². The molecule has 5 heteroatoms. The van der Waals surface area contributed by atoms with E-state index in [4.69, 9.17) is 0 Å². The fourth-order valence-corrected chi connectivity index (χ4v) is 4.04. The Morgan fingerprint density at radius 3 is 2.35 bits per heavy atom. The summed E-state index contributed by atoms with van der Waals surface area (Å²) in [6.45, 7) is 2.09. The lowest BCUT2D eigenvalue weighted by Crippen LogP contribution is -2.14. The number of carbonyl (C=O) groups excluding carboxylic acids is 1. The number of fused-ring (bicyclic) bond motifs is 1. The van der Waals surface area contributed by atoms with E-state index in [0.717, 1.165) is 21.6 Å². The Labute approximate surface area is 155 Å². The molecule has 1 aromatic heterocycles. The van der Waals surface area contributed by atoms with Crippen molar-refractivity contribution in [2.24, 2.45) is 17.3 Å². The van der Waals surface area contributed by atoms with Gasteiger partial charge in [-0.2, -0.15) is 0 Å². The molecule has 0 unspecified atom stereocenters. The van der Waals surface area contributed by atoms with Gasteiger partial charge in [-0.25, -0.2) is 0 Å². The van der Waals surface area contributed by atoms with Gasteiger partial charge in [-0.1, -0.05) is 65.9 Å². The van der Waals surface area contributed by atoms with Crippen LogP contribution in [0.3, 0.4) is 0 Å². The number of thiazole rings is 1. The summed E-state index contributed by atoms with van der Waals surface area (Å²) in [5.74, 6) is 0.00318. The fourth-order valence-electron chi connectivity index (χ4n) is 3.11. The van der Waals surface area contributed by atoms with Crippen molar-refractivity contribution in [3.05, 3.63) is 87.6 Å². The van der Waals surface area contributed by atoms with Gasteiger partial charge in [0.25, 0.3) is 0 Å². The monoisotopic (exact) mass is 359 g/mol. The maximum Gasteiger partial charge on any atom is 0.211 e. The number of nitrogens with zero attached hydrogens (tertiary/aromatic N) is 3. The maximum absolute atomic E-state index is 12.0. The third-order valence-electron chi connectivity index (χ3n) is 4.35. The van der Waals surface area contributed by atoms with E-state index in [2.05, 4.69) is 33.8 Å². The third-order valence-corrected chi connectivity index (χ3v) is 5.39. The van der Waals surface area contributed by atoms with E-state index < -0.39 is 0 Å². The van der Waals surface area contributed by atoms with Crippen molar-refractivity contribution in [1.29, 1.82) is 0 Å². The first-order valence-electron chi connectivity index (χ1n) is 8.30. The van der Waals surface area contributed by atoms with Gasteiger partial charge in [0, 0.05) is 23.1 Å². The summed E-state index contributed by atoms with van der Waals surface area (Å²) < 4.78 is 2.06. The summed E-state index contributed by atoms with van der Waals surface area (Å²) >= 11 is 1.60. The lowest BCUT2D eigenvalue weighted by molar-refractivity contribution is 0.104. The molecule has 1 aliphatic rings. The Hall–Kier alpha value is -3.05. The highest BCUT2D eigenvalue weighted by atomic mass is 32.1. The van der Waals surface area contributed by atoms with Crippen LogP contribution in [0.15, 0.2) is 77.0 Å². The minimum absolute atomic E-state index is 0.00318. The topological polar surface area (TPSA) is 46.7 Å². The lowest BCUT2D eigenvalue weighted by Gasteiger charge is -2.10. The van der Waals surface area contributed by atoms with Crippen LogP contribution in [-0.2, 0) is 7.05 Å². The highest BCUT2D eigenvalue weighted by Gasteiger charge is 2.16. The zero-order valence-electron chi connectivity index (χ0n) is 14.5. The first-order valence-corrected chi connectivity index (χ1v) is 9.12. The molecule has 0 aliphatic heterocycles. The summed E-state index contributed by atoms with van der Waals surface area (Å²) in [5.41, 5.74) is 4.49. The second-order valence-electron chi connectivity index (χ2n) is 6.04. The average molecular weight is 359 g/mol. The number of rotatable bonds is 2. The summed E-state index contributed by atoms with van der Waals surface area (Å²) in [6, 6.07) is 17.8. The molecule has 4 rings (SSSR count). The molecular weight excluding hydrogens is 342 g/mol. The Morgan fingerprint density at radius 1 is 0.885 bits per heavy atom. The molecule has 3 aromatic rings. The minimum atomic E-state index is 0.00318. The van der Waals surface area contributed by atoms with Gasteiger partial charge in [0.2, 0.25) is 4.80 Å². The van der Waals surface area contributed by atoms with Crippen LogP contribution >= 0.6 is 11.3 Å². The van der Waals surface area contributed by atoms with Gasteiger partial charge in [0.1, 0.15) is 0 Å². The summed E-state index contributed by atoms with van der Waals surface area (Å²) in [4.78, 5) is 14.0. The molecule has 0 saturated heterocycles. The average Bonchev–Trinajstić information content (AvgIpc) is 2.95. The van der Waals surface area contributed by atoms with Crippen LogP contribution in [0.1, 0.15) is 20.8 Å². The van der Waals surface area contributed by atoms with Crippen LogP contribution in [0.2, 0.25) is 0 Å². The van der Waals surface area contributed by atoms with Crippen molar-refractivity contribution in [1.82, 2.24) is 4.57 Å². The van der Waals surface area contributed by atoms with Crippen molar-refractivity contribution in [2.45, 2.75) is 6.92 Å². The standard InChI is InChI=1S/C21H17N3OS/c1-14-20(15-8-4-3-5-9-15)24(2)21(26-14)23-22-18-12-13-19(25)17-11-7-6-10-16(17)18/h3-13H,1-2H3/b22-18-,23-21+. The molecule has 1 heterocycles. The van der Waals surface area contributed by atoms with Gasteiger partial charge >= 0.3 is 0 Å². The number of carbonyl (C=O) groups is 1. The van der Waals surface area contributed by atoms with Crippen LogP contribution < -0.4 is 4.80 Å². The van der Waals surface area contributed by atoms with E-state index in [1.54, 1.807) is 23.5 Å². The van der Waals surface area contributed by atoms with E-state index in [1.165, 1.54) is 4.88 Å². The number of ketones is 1. The zero-order chi connectivity index (χ0) is 18.1. The smallest absolute Gasteiger partial charge is 0.211 e. The van der Waals surface area contributed by atoms with Gasteiger partial charge in [-0.05, 0) is 24.6 Å². The highest BCUT2D eigenvalue weighted by molar-refractivity contribution is 7.09. The quantitative estimate of drug-likeness (QED) is 0.635. The molecule has 1 aliphatic carbocycles. The number of aryl methyl sites for hydroxylation is 1. The largest absolute Gasteiger partial charge is 0.318 e. The van der Waals surface area contributed by atoms with E-state index in [9.17, 15) is 4.79 Å². The van der Waals surface area contributed by atoms with E-state index in [0.29, 0.717) is 11.3 Å². The van der Waals surface area contributed by atoms with Crippen molar-refractivity contribution in [3.63, 3.8) is 0 Å². The van der Waals surface area contributed by atoms with E-state index >= 15 is 0 Å². The van der Waals surface area contributed by atoms with Crippen LogP contribution in [-0.4, -0.2) is 16.1 Å². The summed E-state index contributed by atoms with van der Waals surface area (Å²) in [6.07, 6.45) is 3.28. The molecule has 0 bridgehead atoms. The second kappa shape index (κ2) is 6.69. The summed E-state index contributed by atoms with van der Waals surface area (Å²) in [7, 11) is 2.00. The number of hydrogen-bond donors (Lipinski definition) is 0. The van der Waals surface area contributed by atoms with Crippen LogP contribution in [0.4, 0.5) is 0 Å². The molecule has 0 amide bonds.